The number of fused-ring (bicyclic) bond motifs is 3. The van der Waals surface area contributed by atoms with Crippen molar-refractivity contribution >= 4 is 38.9 Å². The number of aryl methyl sites for hydroxylation is 2. The third-order valence-electron chi connectivity index (χ3n) is 11.4. The molecule has 0 radical (unpaired) electrons. The molecule has 0 spiro atoms. The molecule has 1 aromatic heterocycles. The van der Waals surface area contributed by atoms with E-state index in [9.17, 15) is 0 Å². The molecule has 58 heavy (non-hydrogen) atoms. The summed E-state index contributed by atoms with van der Waals surface area (Å²) in [5, 5.41) is 2.44. The second kappa shape index (κ2) is 14.9. The number of hydrogen-bond donors (Lipinski definition) is 0. The third kappa shape index (κ3) is 6.55. The number of anilines is 3. The van der Waals surface area contributed by atoms with Crippen molar-refractivity contribution in [2.75, 3.05) is 4.90 Å². The van der Waals surface area contributed by atoms with Gasteiger partial charge in [0.25, 0.3) is 0 Å². The van der Waals surface area contributed by atoms with Crippen LogP contribution in [0.25, 0.3) is 72.0 Å². The van der Waals surface area contributed by atoms with E-state index in [1.54, 1.807) is 0 Å². The smallest absolute Gasteiger partial charge is 0.0562 e. The quantitative estimate of drug-likeness (QED) is 0.150. The standard InChI is InChI=1S/C56H42N2/c1-39-17-21-45(22-18-39)47-29-35-51(46-23-19-40(2)20-24-46)55(37-47)58-54-16-10-9-15-52(54)53-36-34-50(38-56(53)58)57(48-30-25-43(26-31-48)41-11-5-3-6-12-41)49-32-27-44(28-33-49)42-13-7-4-8-14-42/h3-38H,1-2H3. The van der Waals surface area contributed by atoms with Crippen molar-refractivity contribution in [1.82, 2.24) is 4.57 Å². The molecule has 1 heterocycles. The largest absolute Gasteiger partial charge is 0.310 e. The van der Waals surface area contributed by atoms with Crippen molar-refractivity contribution in [3.63, 3.8) is 0 Å². The van der Waals surface area contributed by atoms with E-state index in [1.807, 2.05) is 0 Å². The van der Waals surface area contributed by atoms with Gasteiger partial charge in [-0.3, -0.25) is 0 Å². The van der Waals surface area contributed by atoms with Crippen molar-refractivity contribution in [1.29, 1.82) is 0 Å². The molecule has 10 aromatic rings. The predicted molar refractivity (Wildman–Crippen MR) is 247 cm³/mol. The van der Waals surface area contributed by atoms with E-state index in [4.69, 9.17) is 0 Å². The number of aromatic nitrogens is 1. The molecule has 0 aliphatic heterocycles. The van der Waals surface area contributed by atoms with E-state index in [1.165, 1.54) is 71.9 Å². The Balaban J connectivity index is 1.19. The summed E-state index contributed by atoms with van der Waals surface area (Å²) in [5.41, 5.74) is 18.8. The van der Waals surface area contributed by atoms with Gasteiger partial charge >= 0.3 is 0 Å². The molecule has 0 fully saturated rings. The molecule has 0 unspecified atom stereocenters. The molecule has 2 nitrogen and oxygen atoms in total. The summed E-state index contributed by atoms with van der Waals surface area (Å²) in [6.07, 6.45) is 0. The molecule has 276 valence electrons. The zero-order valence-electron chi connectivity index (χ0n) is 32.7. The van der Waals surface area contributed by atoms with E-state index in [2.05, 4.69) is 242 Å². The number of benzene rings is 9. The minimum absolute atomic E-state index is 1.09. The highest BCUT2D eigenvalue weighted by Crippen LogP contribution is 2.43. The maximum Gasteiger partial charge on any atom is 0.0562 e. The van der Waals surface area contributed by atoms with Crippen LogP contribution in [0.1, 0.15) is 11.1 Å². The number of hydrogen-bond acceptors (Lipinski definition) is 1. The van der Waals surface area contributed by atoms with Crippen molar-refractivity contribution in [2.24, 2.45) is 0 Å². The van der Waals surface area contributed by atoms with Crippen LogP contribution in [-0.4, -0.2) is 4.57 Å². The summed E-state index contributed by atoms with van der Waals surface area (Å²) in [4.78, 5) is 2.38. The Bertz CT molecular complexity index is 2930. The average molecular weight is 743 g/mol. The first-order valence-electron chi connectivity index (χ1n) is 20.0. The summed E-state index contributed by atoms with van der Waals surface area (Å²) >= 11 is 0. The number of rotatable bonds is 8. The molecule has 0 saturated carbocycles. The Kier molecular flexibility index (Phi) is 9.01. The molecule has 0 aliphatic carbocycles. The molecule has 0 amide bonds. The van der Waals surface area contributed by atoms with E-state index in [-0.39, 0.29) is 0 Å². The highest BCUT2D eigenvalue weighted by atomic mass is 15.1. The first kappa shape index (κ1) is 35.0. The van der Waals surface area contributed by atoms with Crippen molar-refractivity contribution in [2.45, 2.75) is 13.8 Å². The molecular weight excluding hydrogens is 701 g/mol. The fraction of sp³-hybridized carbons (Fsp3) is 0.0357. The fourth-order valence-corrected chi connectivity index (χ4v) is 8.29. The van der Waals surface area contributed by atoms with Gasteiger partial charge in [0.2, 0.25) is 0 Å². The van der Waals surface area contributed by atoms with E-state index < -0.39 is 0 Å². The van der Waals surface area contributed by atoms with Crippen LogP contribution in [0, 0.1) is 13.8 Å². The van der Waals surface area contributed by atoms with E-state index in [0.717, 1.165) is 28.3 Å². The van der Waals surface area contributed by atoms with E-state index in [0.29, 0.717) is 0 Å². The van der Waals surface area contributed by atoms with Crippen molar-refractivity contribution in [3.05, 3.63) is 230 Å². The van der Waals surface area contributed by atoms with Gasteiger partial charge in [-0.2, -0.15) is 0 Å². The summed E-state index contributed by atoms with van der Waals surface area (Å²) in [5.74, 6) is 0. The Morgan fingerprint density at radius 1 is 0.310 bits per heavy atom. The van der Waals surface area contributed by atoms with Crippen molar-refractivity contribution in [3.8, 4) is 50.2 Å². The SMILES string of the molecule is Cc1ccc(-c2ccc(-c3ccc(C)cc3)c(-n3c4ccccc4c4ccc(N(c5ccc(-c6ccccc6)cc5)c5ccc(-c6ccccc6)cc5)cc43)c2)cc1. The zero-order valence-corrected chi connectivity index (χ0v) is 32.7. The highest BCUT2D eigenvalue weighted by molar-refractivity contribution is 6.11. The number of para-hydroxylation sites is 1. The summed E-state index contributed by atoms with van der Waals surface area (Å²) < 4.78 is 2.48. The van der Waals surface area contributed by atoms with Crippen LogP contribution in [-0.2, 0) is 0 Å². The first-order chi connectivity index (χ1) is 28.6. The van der Waals surface area contributed by atoms with Gasteiger partial charge in [-0.25, -0.2) is 0 Å². The molecule has 0 atom stereocenters. The van der Waals surface area contributed by atoms with Gasteiger partial charge in [0.05, 0.1) is 16.7 Å². The lowest BCUT2D eigenvalue weighted by atomic mass is 9.97. The highest BCUT2D eigenvalue weighted by Gasteiger charge is 2.20. The van der Waals surface area contributed by atoms with E-state index >= 15 is 0 Å². The molecular formula is C56H42N2. The molecule has 9 aromatic carbocycles. The topological polar surface area (TPSA) is 8.17 Å². The molecule has 0 aliphatic rings. The molecule has 0 N–H and O–H groups in total. The van der Waals surface area contributed by atoms with Gasteiger partial charge < -0.3 is 9.47 Å². The van der Waals surface area contributed by atoms with Crippen LogP contribution in [0.5, 0.6) is 0 Å². The van der Waals surface area contributed by atoms with Gasteiger partial charge in [0.1, 0.15) is 0 Å². The van der Waals surface area contributed by atoms with Crippen LogP contribution in [0.4, 0.5) is 17.1 Å². The van der Waals surface area contributed by atoms with Crippen LogP contribution in [0.15, 0.2) is 218 Å². The Labute approximate surface area is 340 Å². The minimum atomic E-state index is 1.09. The first-order valence-corrected chi connectivity index (χ1v) is 20.0. The Morgan fingerprint density at radius 3 is 1.33 bits per heavy atom. The molecule has 0 bridgehead atoms. The Hall–Kier alpha value is -7.42. The molecule has 0 saturated heterocycles. The lowest BCUT2D eigenvalue weighted by Gasteiger charge is -2.26. The summed E-state index contributed by atoms with van der Waals surface area (Å²) in [6, 6.07) is 79.6. The minimum Gasteiger partial charge on any atom is -0.310 e. The zero-order chi connectivity index (χ0) is 39.0. The van der Waals surface area contributed by atoms with Crippen LogP contribution in [0.3, 0.4) is 0 Å². The summed E-state index contributed by atoms with van der Waals surface area (Å²) in [7, 11) is 0. The maximum absolute atomic E-state index is 2.48. The average Bonchev–Trinajstić information content (AvgIpc) is 3.61. The van der Waals surface area contributed by atoms with Crippen LogP contribution >= 0.6 is 0 Å². The van der Waals surface area contributed by atoms with Gasteiger partial charge in [-0.05, 0) is 101 Å². The predicted octanol–water partition coefficient (Wildman–Crippen LogP) is 15.5. The normalized spacial score (nSPS) is 11.3. The van der Waals surface area contributed by atoms with Crippen LogP contribution in [0.2, 0.25) is 0 Å². The van der Waals surface area contributed by atoms with Gasteiger partial charge in [-0.15, -0.1) is 0 Å². The molecule has 10 rings (SSSR count). The lowest BCUT2D eigenvalue weighted by Crippen LogP contribution is -2.10. The number of nitrogens with zero attached hydrogens (tertiary/aromatic N) is 2. The van der Waals surface area contributed by atoms with Crippen molar-refractivity contribution < 1.29 is 0 Å². The van der Waals surface area contributed by atoms with Gasteiger partial charge in [0.15, 0.2) is 0 Å². The second-order valence-corrected chi connectivity index (χ2v) is 15.2. The van der Waals surface area contributed by atoms with Crippen LogP contribution < -0.4 is 4.90 Å². The summed E-state index contributed by atoms with van der Waals surface area (Å²) in [6.45, 7) is 4.29. The molecule has 2 heteroatoms. The monoisotopic (exact) mass is 742 g/mol. The third-order valence-corrected chi connectivity index (χ3v) is 11.4. The lowest BCUT2D eigenvalue weighted by molar-refractivity contribution is 1.18. The van der Waals surface area contributed by atoms with Gasteiger partial charge in [-0.1, -0.05) is 181 Å². The fourth-order valence-electron chi connectivity index (χ4n) is 8.29. The second-order valence-electron chi connectivity index (χ2n) is 15.2. The Morgan fingerprint density at radius 2 is 0.741 bits per heavy atom. The van der Waals surface area contributed by atoms with Gasteiger partial charge in [0, 0.05) is 33.4 Å². The maximum atomic E-state index is 2.48.